The van der Waals surface area contributed by atoms with E-state index in [0.717, 1.165) is 5.52 Å². The van der Waals surface area contributed by atoms with Crippen LogP contribution in [0.5, 0.6) is 0 Å². The Labute approximate surface area is 97.5 Å². The molecule has 1 aliphatic rings. The van der Waals surface area contributed by atoms with Crippen molar-refractivity contribution in [2.24, 2.45) is 0 Å². The van der Waals surface area contributed by atoms with Crippen molar-refractivity contribution in [2.75, 3.05) is 0 Å². The fourth-order valence-electron chi connectivity index (χ4n) is 2.45. The summed E-state index contributed by atoms with van der Waals surface area (Å²) >= 11 is 0. The van der Waals surface area contributed by atoms with E-state index in [9.17, 15) is 0 Å². The lowest BCUT2D eigenvalue weighted by atomic mass is 10.0. The Morgan fingerprint density at radius 2 is 1.81 bits per heavy atom. The molecule has 1 heterocycles. The predicted molar refractivity (Wildman–Crippen MR) is 69.9 cm³/mol. The molecule has 0 atom stereocenters. The molecule has 2 aromatic rings. The summed E-state index contributed by atoms with van der Waals surface area (Å²) in [4.78, 5) is 4.72. The fourth-order valence-corrected chi connectivity index (χ4v) is 2.45. The minimum absolute atomic E-state index is 1.16. The molecule has 0 amide bonds. The van der Waals surface area contributed by atoms with E-state index >= 15 is 0 Å². The highest BCUT2D eigenvalue weighted by atomic mass is 14.7. The smallest absolute Gasteiger partial charge is 0.0708 e. The molecular weight excluding hydrogens is 194 g/mol. The van der Waals surface area contributed by atoms with Gasteiger partial charge in [-0.2, -0.15) is 0 Å². The van der Waals surface area contributed by atoms with Gasteiger partial charge in [-0.1, -0.05) is 32.0 Å². The highest BCUT2D eigenvalue weighted by Crippen LogP contribution is 2.28. The maximum Gasteiger partial charge on any atom is 0.0708 e. The average Bonchev–Trinajstić information content (AvgIpc) is 2.80. The van der Waals surface area contributed by atoms with Gasteiger partial charge in [-0.25, -0.2) is 0 Å². The standard InChI is InChI=1S/C13H13N.C2H6/c1-9-10-5-2-3-7-12(10)14-13-8-4-6-11(9)13;1-2/h2-3,5,7H,4,6,8H2,1H3;1-2H3. The van der Waals surface area contributed by atoms with Gasteiger partial charge in [0.05, 0.1) is 5.52 Å². The van der Waals surface area contributed by atoms with Gasteiger partial charge < -0.3 is 0 Å². The van der Waals surface area contributed by atoms with Gasteiger partial charge in [0.15, 0.2) is 0 Å². The lowest BCUT2D eigenvalue weighted by molar-refractivity contribution is 0.900. The number of para-hydroxylation sites is 1. The van der Waals surface area contributed by atoms with Crippen molar-refractivity contribution < 1.29 is 0 Å². The summed E-state index contributed by atoms with van der Waals surface area (Å²) < 4.78 is 0. The number of rotatable bonds is 0. The zero-order chi connectivity index (χ0) is 11.5. The van der Waals surface area contributed by atoms with Crippen LogP contribution >= 0.6 is 0 Å². The van der Waals surface area contributed by atoms with Crippen LogP contribution < -0.4 is 0 Å². The van der Waals surface area contributed by atoms with E-state index in [1.807, 2.05) is 13.8 Å². The van der Waals surface area contributed by atoms with Gasteiger partial charge in [0.2, 0.25) is 0 Å². The van der Waals surface area contributed by atoms with E-state index in [-0.39, 0.29) is 0 Å². The molecule has 0 unspecified atom stereocenters. The Kier molecular flexibility index (Phi) is 3.23. The molecule has 0 spiro atoms. The number of fused-ring (bicyclic) bond motifs is 2. The molecule has 1 heteroatoms. The van der Waals surface area contributed by atoms with Crippen LogP contribution in [0.25, 0.3) is 10.9 Å². The minimum atomic E-state index is 1.16. The second-order valence-corrected chi connectivity index (χ2v) is 4.03. The first kappa shape index (κ1) is 11.1. The molecule has 1 aromatic carbocycles. The molecule has 0 aliphatic heterocycles. The molecule has 16 heavy (non-hydrogen) atoms. The van der Waals surface area contributed by atoms with Crippen molar-refractivity contribution in [3.8, 4) is 0 Å². The molecule has 3 rings (SSSR count). The Balaban J connectivity index is 0.000000457. The number of nitrogens with zero attached hydrogens (tertiary/aromatic N) is 1. The van der Waals surface area contributed by atoms with E-state index < -0.39 is 0 Å². The second kappa shape index (κ2) is 4.65. The zero-order valence-electron chi connectivity index (χ0n) is 10.4. The van der Waals surface area contributed by atoms with Gasteiger partial charge in [-0.05, 0) is 43.4 Å². The first-order chi connectivity index (χ1) is 7.86. The summed E-state index contributed by atoms with van der Waals surface area (Å²) in [5.41, 5.74) is 5.44. The first-order valence-electron chi connectivity index (χ1n) is 6.23. The van der Waals surface area contributed by atoms with Gasteiger partial charge in [0, 0.05) is 11.1 Å². The summed E-state index contributed by atoms with van der Waals surface area (Å²) in [6.45, 7) is 6.23. The molecule has 0 radical (unpaired) electrons. The van der Waals surface area contributed by atoms with Crippen LogP contribution in [0.3, 0.4) is 0 Å². The number of hydrogen-bond donors (Lipinski definition) is 0. The van der Waals surface area contributed by atoms with Gasteiger partial charge in [-0.3, -0.25) is 4.98 Å². The third-order valence-corrected chi connectivity index (χ3v) is 3.20. The molecule has 1 aliphatic carbocycles. The van der Waals surface area contributed by atoms with E-state index in [0.29, 0.717) is 0 Å². The molecule has 84 valence electrons. The monoisotopic (exact) mass is 213 g/mol. The summed E-state index contributed by atoms with van der Waals surface area (Å²) in [6.07, 6.45) is 3.67. The van der Waals surface area contributed by atoms with Crippen LogP contribution in [0, 0.1) is 6.92 Å². The number of pyridine rings is 1. The van der Waals surface area contributed by atoms with Crippen molar-refractivity contribution in [3.63, 3.8) is 0 Å². The van der Waals surface area contributed by atoms with E-state index in [1.54, 1.807) is 0 Å². The molecule has 0 N–H and O–H groups in total. The number of hydrogen-bond acceptors (Lipinski definition) is 1. The molecular formula is C15H19N. The van der Waals surface area contributed by atoms with Gasteiger partial charge in [0.1, 0.15) is 0 Å². The van der Waals surface area contributed by atoms with E-state index in [4.69, 9.17) is 4.98 Å². The average molecular weight is 213 g/mol. The van der Waals surface area contributed by atoms with Gasteiger partial charge >= 0.3 is 0 Å². The van der Waals surface area contributed by atoms with Crippen LogP contribution in [0.1, 0.15) is 37.1 Å². The Bertz CT molecular complexity index is 500. The predicted octanol–water partition coefficient (Wildman–Crippen LogP) is 4.06. The van der Waals surface area contributed by atoms with Gasteiger partial charge in [-0.15, -0.1) is 0 Å². The minimum Gasteiger partial charge on any atom is -0.253 e. The summed E-state index contributed by atoms with van der Waals surface area (Å²) in [7, 11) is 0. The summed E-state index contributed by atoms with van der Waals surface area (Å²) in [5, 5.41) is 1.33. The molecule has 0 saturated heterocycles. The van der Waals surface area contributed by atoms with Crippen molar-refractivity contribution in [1.82, 2.24) is 4.98 Å². The molecule has 0 saturated carbocycles. The maximum absolute atomic E-state index is 4.72. The molecule has 0 fully saturated rings. The van der Waals surface area contributed by atoms with Crippen molar-refractivity contribution in [3.05, 3.63) is 41.1 Å². The van der Waals surface area contributed by atoms with Crippen LogP contribution in [0.15, 0.2) is 24.3 Å². The van der Waals surface area contributed by atoms with Gasteiger partial charge in [0.25, 0.3) is 0 Å². The molecule has 1 nitrogen and oxygen atoms in total. The molecule has 0 bridgehead atoms. The lowest BCUT2D eigenvalue weighted by Gasteiger charge is -2.07. The summed E-state index contributed by atoms with van der Waals surface area (Å²) in [5.74, 6) is 0. The number of aromatic nitrogens is 1. The Hall–Kier alpha value is -1.37. The Morgan fingerprint density at radius 3 is 2.62 bits per heavy atom. The third kappa shape index (κ3) is 1.71. The fraction of sp³-hybridized carbons (Fsp3) is 0.400. The number of benzene rings is 1. The normalized spacial score (nSPS) is 13.2. The van der Waals surface area contributed by atoms with E-state index in [1.165, 1.54) is 41.5 Å². The second-order valence-electron chi connectivity index (χ2n) is 4.03. The third-order valence-electron chi connectivity index (χ3n) is 3.20. The topological polar surface area (TPSA) is 12.9 Å². The highest BCUT2D eigenvalue weighted by molar-refractivity contribution is 5.83. The lowest BCUT2D eigenvalue weighted by Crippen LogP contribution is -1.93. The van der Waals surface area contributed by atoms with E-state index in [2.05, 4.69) is 31.2 Å². The molecule has 1 aromatic heterocycles. The SMILES string of the molecule is CC.Cc1c2c(nc3ccccc13)CCC2. The van der Waals surface area contributed by atoms with Crippen LogP contribution in [0.2, 0.25) is 0 Å². The number of aryl methyl sites for hydroxylation is 2. The van der Waals surface area contributed by atoms with Crippen molar-refractivity contribution in [1.29, 1.82) is 0 Å². The Morgan fingerprint density at radius 1 is 1.06 bits per heavy atom. The first-order valence-corrected chi connectivity index (χ1v) is 6.23. The van der Waals surface area contributed by atoms with Crippen LogP contribution in [-0.2, 0) is 12.8 Å². The largest absolute Gasteiger partial charge is 0.253 e. The van der Waals surface area contributed by atoms with Crippen LogP contribution in [0.4, 0.5) is 0 Å². The van der Waals surface area contributed by atoms with Crippen LogP contribution in [-0.4, -0.2) is 4.98 Å². The summed E-state index contributed by atoms with van der Waals surface area (Å²) in [6, 6.07) is 8.45. The highest BCUT2D eigenvalue weighted by Gasteiger charge is 2.16. The van der Waals surface area contributed by atoms with Crippen molar-refractivity contribution in [2.45, 2.75) is 40.0 Å². The zero-order valence-corrected chi connectivity index (χ0v) is 10.4. The quantitative estimate of drug-likeness (QED) is 0.643. The maximum atomic E-state index is 4.72. The van der Waals surface area contributed by atoms with Crippen molar-refractivity contribution >= 4 is 10.9 Å².